The molecule has 1 heterocycles. The molecule has 0 radical (unpaired) electrons. The van der Waals surface area contributed by atoms with Crippen LogP contribution in [0.15, 0.2) is 59.3 Å². The minimum absolute atomic E-state index is 0.0216. The van der Waals surface area contributed by atoms with E-state index in [1.807, 2.05) is 24.3 Å². The second-order valence-electron chi connectivity index (χ2n) is 7.50. The topological polar surface area (TPSA) is 51.1 Å². The molecule has 156 valence electrons. The van der Waals surface area contributed by atoms with Crippen molar-refractivity contribution >= 4 is 11.7 Å². The van der Waals surface area contributed by atoms with Crippen molar-refractivity contribution in [3.05, 3.63) is 76.7 Å². The SMILES string of the molecule is CCOC(=O)/C=C(\C)N1N=C2c3ccc(OC)cc3CCC2C1c1ccccc1F. The Morgan fingerprint density at radius 2 is 2.10 bits per heavy atom. The molecule has 1 aliphatic heterocycles. The molecule has 2 aromatic rings. The molecule has 6 heteroatoms. The Morgan fingerprint density at radius 1 is 1.30 bits per heavy atom. The molecule has 2 aromatic carbocycles. The molecule has 1 aliphatic carbocycles. The van der Waals surface area contributed by atoms with E-state index in [4.69, 9.17) is 14.6 Å². The number of fused-ring (bicyclic) bond motifs is 3. The average molecular weight is 408 g/mol. The molecule has 0 spiro atoms. The molecule has 2 aliphatic rings. The molecule has 2 unspecified atom stereocenters. The zero-order valence-electron chi connectivity index (χ0n) is 17.4. The van der Waals surface area contributed by atoms with Crippen molar-refractivity contribution in [3.8, 4) is 5.75 Å². The van der Waals surface area contributed by atoms with Crippen LogP contribution >= 0.6 is 0 Å². The van der Waals surface area contributed by atoms with Crippen LogP contribution in [-0.2, 0) is 16.0 Å². The molecule has 0 saturated heterocycles. The van der Waals surface area contributed by atoms with Gasteiger partial charge in [0.1, 0.15) is 11.6 Å². The van der Waals surface area contributed by atoms with E-state index >= 15 is 0 Å². The second kappa shape index (κ2) is 8.30. The Labute approximate surface area is 175 Å². The monoisotopic (exact) mass is 408 g/mol. The first-order chi connectivity index (χ1) is 14.5. The third kappa shape index (κ3) is 3.58. The Balaban J connectivity index is 1.80. The van der Waals surface area contributed by atoms with Crippen molar-refractivity contribution in [2.24, 2.45) is 11.0 Å². The van der Waals surface area contributed by atoms with Gasteiger partial charge in [-0.1, -0.05) is 18.2 Å². The maximum atomic E-state index is 14.8. The summed E-state index contributed by atoms with van der Waals surface area (Å²) >= 11 is 0. The van der Waals surface area contributed by atoms with Gasteiger partial charge in [0.2, 0.25) is 0 Å². The quantitative estimate of drug-likeness (QED) is 0.535. The summed E-state index contributed by atoms with van der Waals surface area (Å²) in [5.41, 5.74) is 4.35. The Kier molecular flexibility index (Phi) is 5.57. The number of hydrogen-bond donors (Lipinski definition) is 0. The first-order valence-corrected chi connectivity index (χ1v) is 10.2. The van der Waals surface area contributed by atoms with Gasteiger partial charge in [0.25, 0.3) is 0 Å². The summed E-state index contributed by atoms with van der Waals surface area (Å²) in [6, 6.07) is 12.4. The van der Waals surface area contributed by atoms with E-state index in [0.29, 0.717) is 17.9 Å². The van der Waals surface area contributed by atoms with Crippen LogP contribution in [0.1, 0.15) is 43.0 Å². The van der Waals surface area contributed by atoms with E-state index in [0.717, 1.165) is 29.9 Å². The van der Waals surface area contributed by atoms with Crippen molar-refractivity contribution in [1.82, 2.24) is 5.01 Å². The molecule has 0 amide bonds. The fourth-order valence-corrected chi connectivity index (χ4v) is 4.37. The number of rotatable bonds is 5. The normalized spacial score (nSPS) is 20.3. The molecule has 0 bridgehead atoms. The van der Waals surface area contributed by atoms with Crippen LogP contribution < -0.4 is 4.74 Å². The van der Waals surface area contributed by atoms with E-state index in [-0.39, 0.29) is 17.8 Å². The van der Waals surface area contributed by atoms with Crippen LogP contribution in [0.4, 0.5) is 4.39 Å². The molecule has 5 nitrogen and oxygen atoms in total. The van der Waals surface area contributed by atoms with Crippen LogP contribution in [0.3, 0.4) is 0 Å². The lowest BCUT2D eigenvalue weighted by atomic mass is 9.77. The van der Waals surface area contributed by atoms with Gasteiger partial charge in [-0.05, 0) is 56.5 Å². The number of nitrogens with zero attached hydrogens (tertiary/aromatic N) is 2. The standard InChI is InChI=1S/C24H25FN2O3/c1-4-30-22(28)13-15(2)27-24(19-7-5-6-8-21(19)25)20-11-9-16-14-17(29-3)10-12-18(16)23(20)26-27/h5-8,10,12-14,20,24H,4,9,11H2,1-3H3/b15-13+. The highest BCUT2D eigenvalue weighted by Gasteiger charge is 2.43. The van der Waals surface area contributed by atoms with Gasteiger partial charge in [0.05, 0.1) is 25.5 Å². The first-order valence-electron chi connectivity index (χ1n) is 10.2. The van der Waals surface area contributed by atoms with Crippen LogP contribution in [0.5, 0.6) is 5.75 Å². The number of esters is 1. The minimum atomic E-state index is -0.428. The average Bonchev–Trinajstić information content (AvgIpc) is 3.13. The lowest BCUT2D eigenvalue weighted by molar-refractivity contribution is -0.137. The maximum Gasteiger partial charge on any atom is 0.332 e. The Hall–Kier alpha value is -3.15. The molecule has 0 aromatic heterocycles. The smallest absolute Gasteiger partial charge is 0.332 e. The fraction of sp³-hybridized carbons (Fsp3) is 0.333. The van der Waals surface area contributed by atoms with E-state index in [2.05, 4.69) is 0 Å². The summed E-state index contributed by atoms with van der Waals surface area (Å²) in [7, 11) is 1.65. The van der Waals surface area contributed by atoms with Crippen molar-refractivity contribution in [1.29, 1.82) is 0 Å². The summed E-state index contributed by atoms with van der Waals surface area (Å²) in [6.07, 6.45) is 3.12. The highest BCUT2D eigenvalue weighted by Crippen LogP contribution is 2.45. The van der Waals surface area contributed by atoms with Gasteiger partial charge in [-0.2, -0.15) is 5.10 Å². The number of carbonyl (C=O) groups is 1. The number of methoxy groups -OCH3 is 1. The van der Waals surface area contributed by atoms with Crippen LogP contribution in [0, 0.1) is 11.7 Å². The zero-order chi connectivity index (χ0) is 21.3. The fourth-order valence-electron chi connectivity index (χ4n) is 4.37. The molecule has 0 saturated carbocycles. The largest absolute Gasteiger partial charge is 0.497 e. The third-order valence-electron chi connectivity index (χ3n) is 5.72. The van der Waals surface area contributed by atoms with Crippen molar-refractivity contribution in [2.75, 3.05) is 13.7 Å². The molecule has 0 fully saturated rings. The van der Waals surface area contributed by atoms with Gasteiger partial charge in [0, 0.05) is 28.8 Å². The van der Waals surface area contributed by atoms with Crippen LogP contribution in [0.2, 0.25) is 0 Å². The molecular weight excluding hydrogens is 383 g/mol. The van der Waals surface area contributed by atoms with Gasteiger partial charge in [-0.3, -0.25) is 5.01 Å². The number of hydrogen-bond acceptors (Lipinski definition) is 5. The molecule has 2 atom stereocenters. The maximum absolute atomic E-state index is 14.8. The van der Waals surface area contributed by atoms with Crippen molar-refractivity contribution in [2.45, 2.75) is 32.7 Å². The number of benzene rings is 2. The predicted octanol–water partition coefficient (Wildman–Crippen LogP) is 4.62. The lowest BCUT2D eigenvalue weighted by Crippen LogP contribution is -2.29. The molecule has 30 heavy (non-hydrogen) atoms. The van der Waals surface area contributed by atoms with Gasteiger partial charge in [-0.25, -0.2) is 9.18 Å². The second-order valence-corrected chi connectivity index (χ2v) is 7.50. The summed E-state index contributed by atoms with van der Waals surface area (Å²) in [5, 5.41) is 6.66. The van der Waals surface area contributed by atoms with E-state index in [1.165, 1.54) is 17.7 Å². The number of hydrazone groups is 1. The van der Waals surface area contributed by atoms with E-state index in [9.17, 15) is 9.18 Å². The highest BCUT2D eigenvalue weighted by molar-refractivity contribution is 6.06. The summed E-state index contributed by atoms with van der Waals surface area (Å²) in [5.74, 6) is 0.135. The van der Waals surface area contributed by atoms with Crippen LogP contribution in [-0.4, -0.2) is 30.4 Å². The van der Waals surface area contributed by atoms with Gasteiger partial charge in [-0.15, -0.1) is 0 Å². The zero-order valence-corrected chi connectivity index (χ0v) is 17.4. The van der Waals surface area contributed by atoms with Crippen LogP contribution in [0.25, 0.3) is 0 Å². The molecular formula is C24H25FN2O3. The lowest BCUT2D eigenvalue weighted by Gasteiger charge is -2.31. The Morgan fingerprint density at radius 3 is 2.83 bits per heavy atom. The van der Waals surface area contributed by atoms with Gasteiger partial charge < -0.3 is 9.47 Å². The minimum Gasteiger partial charge on any atom is -0.497 e. The number of allylic oxidation sites excluding steroid dienone is 1. The molecule has 0 N–H and O–H groups in total. The van der Waals surface area contributed by atoms with Crippen molar-refractivity contribution in [3.63, 3.8) is 0 Å². The first kappa shape index (κ1) is 20.1. The highest BCUT2D eigenvalue weighted by atomic mass is 19.1. The number of aryl methyl sites for hydroxylation is 1. The summed E-state index contributed by atoms with van der Waals surface area (Å²) in [6.45, 7) is 3.87. The molecule has 4 rings (SSSR count). The van der Waals surface area contributed by atoms with Crippen molar-refractivity contribution < 1.29 is 18.7 Å². The number of halogens is 1. The van der Waals surface area contributed by atoms with Gasteiger partial charge in [0.15, 0.2) is 0 Å². The van der Waals surface area contributed by atoms with E-state index in [1.54, 1.807) is 38.1 Å². The number of ether oxygens (including phenoxy) is 2. The summed E-state index contributed by atoms with van der Waals surface area (Å²) in [4.78, 5) is 12.0. The Bertz CT molecular complexity index is 1030. The predicted molar refractivity (Wildman–Crippen MR) is 113 cm³/mol. The summed E-state index contributed by atoms with van der Waals surface area (Å²) < 4.78 is 25.2. The third-order valence-corrected chi connectivity index (χ3v) is 5.72. The number of carbonyl (C=O) groups excluding carboxylic acids is 1. The van der Waals surface area contributed by atoms with E-state index < -0.39 is 5.97 Å². The van der Waals surface area contributed by atoms with Gasteiger partial charge >= 0.3 is 5.97 Å².